The predicted molar refractivity (Wildman–Crippen MR) is 113 cm³/mol. The number of aryl methyl sites for hydroxylation is 2. The number of H-pyrrole nitrogens is 1. The standard InChI is InChI=1S/C21H22N6OS/c22-14(9-15-10-24-12-25-15)11-28-20-18-16-3-1-2-4-17(16)29-21(18)27-19(26-20)13-5-7-23-8-6-13/h5-8,10,12,14H,1-4,9,11,22H2,(H,24,25). The molecule has 0 radical (unpaired) electrons. The van der Waals surface area contributed by atoms with Crippen molar-refractivity contribution >= 4 is 21.6 Å². The minimum Gasteiger partial charge on any atom is -0.475 e. The van der Waals surface area contributed by atoms with E-state index in [9.17, 15) is 0 Å². The van der Waals surface area contributed by atoms with Crippen molar-refractivity contribution in [2.45, 2.75) is 38.1 Å². The first-order valence-electron chi connectivity index (χ1n) is 9.86. The topological polar surface area (TPSA) is 103 Å². The average Bonchev–Trinajstić information content (AvgIpc) is 3.39. The van der Waals surface area contributed by atoms with Crippen LogP contribution in [0.5, 0.6) is 5.88 Å². The van der Waals surface area contributed by atoms with Gasteiger partial charge in [-0.2, -0.15) is 4.98 Å². The summed E-state index contributed by atoms with van der Waals surface area (Å²) in [4.78, 5) is 23.3. The molecule has 4 aromatic rings. The maximum absolute atomic E-state index is 6.29. The minimum atomic E-state index is -0.165. The lowest BCUT2D eigenvalue weighted by Gasteiger charge is -2.15. The van der Waals surface area contributed by atoms with Gasteiger partial charge < -0.3 is 15.5 Å². The lowest BCUT2D eigenvalue weighted by atomic mass is 9.97. The third kappa shape index (κ3) is 3.73. The highest BCUT2D eigenvalue weighted by Crippen LogP contribution is 2.40. The lowest BCUT2D eigenvalue weighted by Crippen LogP contribution is -2.30. The van der Waals surface area contributed by atoms with Crippen molar-refractivity contribution in [3.05, 3.63) is 53.2 Å². The first-order valence-corrected chi connectivity index (χ1v) is 10.7. The highest BCUT2D eigenvalue weighted by molar-refractivity contribution is 7.18. The van der Waals surface area contributed by atoms with E-state index in [4.69, 9.17) is 20.4 Å². The maximum Gasteiger partial charge on any atom is 0.226 e. The van der Waals surface area contributed by atoms with Gasteiger partial charge >= 0.3 is 0 Å². The molecule has 0 amide bonds. The number of hydrogen-bond acceptors (Lipinski definition) is 7. The highest BCUT2D eigenvalue weighted by atomic mass is 32.1. The number of nitrogens with zero attached hydrogens (tertiary/aromatic N) is 4. The van der Waals surface area contributed by atoms with Crippen LogP contribution in [0.1, 0.15) is 29.0 Å². The molecule has 0 bridgehead atoms. The molecule has 1 aliphatic rings. The molecular weight excluding hydrogens is 384 g/mol. The maximum atomic E-state index is 6.29. The summed E-state index contributed by atoms with van der Waals surface area (Å²) in [5.41, 5.74) is 9.51. The van der Waals surface area contributed by atoms with Gasteiger partial charge in [0.2, 0.25) is 5.88 Å². The number of fused-ring (bicyclic) bond motifs is 3. The number of pyridine rings is 1. The number of nitrogens with one attached hydrogen (secondary N) is 1. The van der Waals surface area contributed by atoms with Gasteiger partial charge in [0, 0.05) is 41.5 Å². The van der Waals surface area contributed by atoms with E-state index in [-0.39, 0.29) is 6.04 Å². The van der Waals surface area contributed by atoms with Gasteiger partial charge in [-0.1, -0.05) is 0 Å². The molecule has 0 saturated heterocycles. The monoisotopic (exact) mass is 406 g/mol. The van der Waals surface area contributed by atoms with Crippen LogP contribution in [-0.4, -0.2) is 37.6 Å². The van der Waals surface area contributed by atoms with E-state index in [1.807, 2.05) is 18.3 Å². The number of thiophene rings is 1. The van der Waals surface area contributed by atoms with Crippen LogP contribution in [0.3, 0.4) is 0 Å². The van der Waals surface area contributed by atoms with Crippen molar-refractivity contribution in [2.24, 2.45) is 5.73 Å². The molecule has 8 heteroatoms. The van der Waals surface area contributed by atoms with Gasteiger partial charge in [0.05, 0.1) is 17.4 Å². The fourth-order valence-corrected chi connectivity index (χ4v) is 5.03. The van der Waals surface area contributed by atoms with Crippen LogP contribution in [0.4, 0.5) is 0 Å². The molecule has 0 fully saturated rings. The summed E-state index contributed by atoms with van der Waals surface area (Å²) in [6.07, 6.45) is 12.3. The summed E-state index contributed by atoms with van der Waals surface area (Å²) in [6, 6.07) is 3.67. The Bertz CT molecular complexity index is 1110. The molecular formula is C21H22N6OS. The Morgan fingerprint density at radius 1 is 1.17 bits per heavy atom. The van der Waals surface area contributed by atoms with E-state index in [0.717, 1.165) is 34.3 Å². The summed E-state index contributed by atoms with van der Waals surface area (Å²) in [7, 11) is 0. The molecule has 1 unspecified atom stereocenters. The largest absolute Gasteiger partial charge is 0.475 e. The third-order valence-electron chi connectivity index (χ3n) is 5.18. The van der Waals surface area contributed by atoms with E-state index in [1.165, 1.54) is 23.3 Å². The first kappa shape index (κ1) is 18.2. The van der Waals surface area contributed by atoms with Crippen LogP contribution >= 0.6 is 11.3 Å². The van der Waals surface area contributed by atoms with Crippen molar-refractivity contribution < 1.29 is 4.74 Å². The number of nitrogens with two attached hydrogens (primary N) is 1. The first-order chi connectivity index (χ1) is 14.3. The molecule has 0 aliphatic heterocycles. The Morgan fingerprint density at radius 2 is 2.03 bits per heavy atom. The van der Waals surface area contributed by atoms with Gasteiger partial charge in [0.25, 0.3) is 0 Å². The minimum absolute atomic E-state index is 0.165. The Kier molecular flexibility index (Phi) is 4.95. The summed E-state index contributed by atoms with van der Waals surface area (Å²) in [5.74, 6) is 1.30. The van der Waals surface area contributed by atoms with Crippen LogP contribution in [0.2, 0.25) is 0 Å². The summed E-state index contributed by atoms with van der Waals surface area (Å²) in [6.45, 7) is 0.374. The Morgan fingerprint density at radius 3 is 2.86 bits per heavy atom. The van der Waals surface area contributed by atoms with Crippen LogP contribution in [-0.2, 0) is 19.3 Å². The number of aromatic nitrogens is 5. The van der Waals surface area contributed by atoms with Gasteiger partial charge in [-0.25, -0.2) is 9.97 Å². The molecule has 0 spiro atoms. The fraction of sp³-hybridized carbons (Fsp3) is 0.333. The molecule has 4 heterocycles. The number of hydrogen-bond donors (Lipinski definition) is 2. The second-order valence-electron chi connectivity index (χ2n) is 7.32. The van der Waals surface area contributed by atoms with E-state index >= 15 is 0 Å². The van der Waals surface area contributed by atoms with Crippen LogP contribution in [0.15, 0.2) is 37.1 Å². The molecule has 5 rings (SSSR count). The predicted octanol–water partition coefficient (Wildman–Crippen LogP) is 3.30. The Labute approximate surface area is 172 Å². The number of imidazole rings is 1. The van der Waals surface area contributed by atoms with E-state index < -0.39 is 0 Å². The SMILES string of the molecule is NC(COc1nc(-c2ccncc2)nc2sc3c(c12)CCCC3)Cc1c[nH]cn1. The van der Waals surface area contributed by atoms with Crippen LogP contribution < -0.4 is 10.5 Å². The van der Waals surface area contributed by atoms with E-state index in [0.29, 0.717) is 24.7 Å². The molecule has 0 saturated carbocycles. The zero-order valence-corrected chi connectivity index (χ0v) is 16.8. The van der Waals surface area contributed by atoms with Crippen molar-refractivity contribution in [3.63, 3.8) is 0 Å². The molecule has 0 aromatic carbocycles. The molecule has 1 aliphatic carbocycles. The van der Waals surface area contributed by atoms with Gasteiger partial charge in [0.1, 0.15) is 11.4 Å². The normalized spacial score (nSPS) is 14.7. The Balaban J connectivity index is 1.50. The number of aromatic amines is 1. The van der Waals surface area contributed by atoms with E-state index in [2.05, 4.69) is 15.0 Å². The van der Waals surface area contributed by atoms with Crippen LogP contribution in [0.25, 0.3) is 21.6 Å². The Hall–Kier alpha value is -2.84. The van der Waals surface area contributed by atoms with Crippen molar-refractivity contribution in [1.82, 2.24) is 24.9 Å². The highest BCUT2D eigenvalue weighted by Gasteiger charge is 2.23. The average molecular weight is 407 g/mol. The molecule has 29 heavy (non-hydrogen) atoms. The van der Waals surface area contributed by atoms with Crippen molar-refractivity contribution in [3.8, 4) is 17.3 Å². The van der Waals surface area contributed by atoms with Crippen molar-refractivity contribution in [1.29, 1.82) is 0 Å². The van der Waals surface area contributed by atoms with Crippen LogP contribution in [0, 0.1) is 0 Å². The molecule has 3 N–H and O–H groups in total. The summed E-state index contributed by atoms with van der Waals surface area (Å²) in [5, 5.41) is 1.06. The molecule has 148 valence electrons. The number of ether oxygens (including phenoxy) is 1. The lowest BCUT2D eigenvalue weighted by molar-refractivity contribution is 0.280. The van der Waals surface area contributed by atoms with Gasteiger partial charge in [-0.3, -0.25) is 4.98 Å². The molecule has 1 atom stereocenters. The quantitative estimate of drug-likeness (QED) is 0.509. The summed E-state index contributed by atoms with van der Waals surface area (Å²) >= 11 is 1.77. The molecule has 4 aromatic heterocycles. The van der Waals surface area contributed by atoms with Gasteiger partial charge in [0.15, 0.2) is 5.82 Å². The zero-order chi connectivity index (χ0) is 19.6. The van der Waals surface area contributed by atoms with Gasteiger partial charge in [-0.05, 0) is 43.4 Å². The smallest absolute Gasteiger partial charge is 0.226 e. The van der Waals surface area contributed by atoms with Gasteiger partial charge in [-0.15, -0.1) is 11.3 Å². The summed E-state index contributed by atoms with van der Waals surface area (Å²) < 4.78 is 6.19. The third-order valence-corrected chi connectivity index (χ3v) is 6.37. The second-order valence-corrected chi connectivity index (χ2v) is 8.40. The second kappa shape index (κ2) is 7.88. The van der Waals surface area contributed by atoms with E-state index in [1.54, 1.807) is 30.1 Å². The van der Waals surface area contributed by atoms with Crippen molar-refractivity contribution in [2.75, 3.05) is 6.61 Å². The molecule has 7 nitrogen and oxygen atoms in total. The zero-order valence-electron chi connectivity index (χ0n) is 16.0. The fourth-order valence-electron chi connectivity index (χ4n) is 3.77. The number of rotatable bonds is 6.